The van der Waals surface area contributed by atoms with Crippen molar-refractivity contribution in [2.75, 3.05) is 19.7 Å². The molecule has 0 saturated carbocycles. The Morgan fingerprint density at radius 3 is 3.08 bits per heavy atom. The molecule has 2 rings (SSSR count). The number of hydrogen-bond donors (Lipinski definition) is 1. The molecule has 0 bridgehead atoms. The summed E-state index contributed by atoms with van der Waals surface area (Å²) in [6.07, 6.45) is 2.02. The summed E-state index contributed by atoms with van der Waals surface area (Å²) in [5.41, 5.74) is 2.21. The van der Waals surface area contributed by atoms with Crippen LogP contribution in [0.2, 0.25) is 0 Å². The van der Waals surface area contributed by atoms with E-state index < -0.39 is 0 Å². The maximum atomic E-state index is 5.58. The van der Waals surface area contributed by atoms with E-state index >= 15 is 0 Å². The SMILES string of the molecule is Cc1ccc([C@H]2CNCCO2)nc1. The average Bonchev–Trinajstić information content (AvgIpc) is 2.20. The van der Waals surface area contributed by atoms with Gasteiger partial charge in [-0.2, -0.15) is 0 Å². The van der Waals surface area contributed by atoms with Gasteiger partial charge in [0.15, 0.2) is 0 Å². The summed E-state index contributed by atoms with van der Waals surface area (Å²) in [5.74, 6) is 0. The van der Waals surface area contributed by atoms with Crippen LogP contribution in [-0.2, 0) is 4.74 Å². The molecule has 0 aliphatic carbocycles. The van der Waals surface area contributed by atoms with Gasteiger partial charge in [0, 0.05) is 19.3 Å². The second-order valence-electron chi connectivity index (χ2n) is 3.32. The molecule has 1 atom stereocenters. The lowest BCUT2D eigenvalue weighted by Crippen LogP contribution is -2.33. The van der Waals surface area contributed by atoms with Crippen molar-refractivity contribution in [3.8, 4) is 0 Å². The van der Waals surface area contributed by atoms with Gasteiger partial charge >= 0.3 is 0 Å². The molecule has 1 aromatic rings. The van der Waals surface area contributed by atoms with Crippen molar-refractivity contribution >= 4 is 0 Å². The molecule has 1 aliphatic rings. The van der Waals surface area contributed by atoms with Gasteiger partial charge < -0.3 is 10.1 Å². The largest absolute Gasteiger partial charge is 0.369 e. The first-order valence-electron chi connectivity index (χ1n) is 4.61. The fourth-order valence-corrected chi connectivity index (χ4v) is 1.43. The van der Waals surface area contributed by atoms with Crippen LogP contribution in [0.25, 0.3) is 0 Å². The smallest absolute Gasteiger partial charge is 0.112 e. The zero-order valence-corrected chi connectivity index (χ0v) is 7.79. The lowest BCUT2D eigenvalue weighted by Gasteiger charge is -2.22. The average molecular weight is 178 g/mol. The van der Waals surface area contributed by atoms with Crippen LogP contribution in [0.4, 0.5) is 0 Å². The van der Waals surface area contributed by atoms with Gasteiger partial charge in [0.2, 0.25) is 0 Å². The van der Waals surface area contributed by atoms with E-state index in [1.54, 1.807) is 0 Å². The van der Waals surface area contributed by atoms with E-state index in [9.17, 15) is 0 Å². The number of morpholine rings is 1. The Morgan fingerprint density at radius 1 is 1.54 bits per heavy atom. The molecular weight excluding hydrogens is 164 g/mol. The fraction of sp³-hybridized carbons (Fsp3) is 0.500. The van der Waals surface area contributed by atoms with E-state index in [0.717, 1.165) is 25.4 Å². The zero-order valence-electron chi connectivity index (χ0n) is 7.79. The van der Waals surface area contributed by atoms with Crippen molar-refractivity contribution in [1.82, 2.24) is 10.3 Å². The number of ether oxygens (including phenoxy) is 1. The first-order chi connectivity index (χ1) is 6.36. The second-order valence-corrected chi connectivity index (χ2v) is 3.32. The Bertz CT molecular complexity index is 265. The molecule has 1 N–H and O–H groups in total. The third-order valence-corrected chi connectivity index (χ3v) is 2.19. The minimum atomic E-state index is 0.134. The summed E-state index contributed by atoms with van der Waals surface area (Å²) in [4.78, 5) is 4.34. The highest BCUT2D eigenvalue weighted by Crippen LogP contribution is 2.15. The zero-order chi connectivity index (χ0) is 9.10. The number of hydrogen-bond acceptors (Lipinski definition) is 3. The van der Waals surface area contributed by atoms with Crippen LogP contribution in [0.3, 0.4) is 0 Å². The van der Waals surface area contributed by atoms with Gasteiger partial charge in [-0.3, -0.25) is 4.98 Å². The van der Waals surface area contributed by atoms with Gasteiger partial charge in [0.1, 0.15) is 6.10 Å². The van der Waals surface area contributed by atoms with E-state index in [2.05, 4.69) is 16.4 Å². The molecule has 3 heteroatoms. The van der Waals surface area contributed by atoms with Crippen molar-refractivity contribution in [2.24, 2.45) is 0 Å². The maximum absolute atomic E-state index is 5.58. The van der Waals surface area contributed by atoms with Crippen molar-refractivity contribution in [3.05, 3.63) is 29.6 Å². The molecule has 1 fully saturated rings. The van der Waals surface area contributed by atoms with Crippen LogP contribution >= 0.6 is 0 Å². The summed E-state index contributed by atoms with van der Waals surface area (Å²) < 4.78 is 5.58. The molecule has 0 unspecified atom stereocenters. The molecule has 1 saturated heterocycles. The van der Waals surface area contributed by atoms with Crippen LogP contribution in [-0.4, -0.2) is 24.7 Å². The van der Waals surface area contributed by atoms with Gasteiger partial charge in [-0.15, -0.1) is 0 Å². The van der Waals surface area contributed by atoms with Crippen molar-refractivity contribution in [3.63, 3.8) is 0 Å². The molecule has 0 amide bonds. The molecule has 2 heterocycles. The van der Waals surface area contributed by atoms with Crippen molar-refractivity contribution < 1.29 is 4.74 Å². The van der Waals surface area contributed by atoms with Gasteiger partial charge in [0.25, 0.3) is 0 Å². The Morgan fingerprint density at radius 2 is 2.46 bits per heavy atom. The van der Waals surface area contributed by atoms with E-state index in [1.165, 1.54) is 5.56 Å². The lowest BCUT2D eigenvalue weighted by atomic mass is 10.2. The molecule has 3 nitrogen and oxygen atoms in total. The first-order valence-corrected chi connectivity index (χ1v) is 4.61. The van der Waals surface area contributed by atoms with Crippen molar-refractivity contribution in [2.45, 2.75) is 13.0 Å². The number of aromatic nitrogens is 1. The third-order valence-electron chi connectivity index (χ3n) is 2.19. The van der Waals surface area contributed by atoms with E-state index in [4.69, 9.17) is 4.74 Å². The Labute approximate surface area is 78.1 Å². The lowest BCUT2D eigenvalue weighted by molar-refractivity contribution is 0.0250. The second kappa shape index (κ2) is 3.85. The molecule has 13 heavy (non-hydrogen) atoms. The molecule has 0 spiro atoms. The number of rotatable bonds is 1. The molecule has 0 radical (unpaired) electrons. The van der Waals surface area contributed by atoms with Gasteiger partial charge in [-0.1, -0.05) is 6.07 Å². The predicted octanol–water partition coefficient (Wildman–Crippen LogP) is 1.05. The number of aryl methyl sites for hydroxylation is 1. The number of nitrogens with zero attached hydrogens (tertiary/aromatic N) is 1. The standard InChI is InChI=1S/C10H14N2O/c1-8-2-3-9(12-6-8)10-7-11-4-5-13-10/h2-3,6,10-11H,4-5,7H2,1H3/t10-/m1/s1. The quantitative estimate of drug-likeness (QED) is 0.698. The molecular formula is C10H14N2O. The third kappa shape index (κ3) is 2.05. The van der Waals surface area contributed by atoms with Gasteiger partial charge in [-0.05, 0) is 18.6 Å². The summed E-state index contributed by atoms with van der Waals surface area (Å²) in [7, 11) is 0. The van der Waals surface area contributed by atoms with E-state index in [-0.39, 0.29) is 6.10 Å². The molecule has 70 valence electrons. The van der Waals surface area contributed by atoms with Crippen LogP contribution in [0.1, 0.15) is 17.4 Å². The minimum Gasteiger partial charge on any atom is -0.369 e. The van der Waals surface area contributed by atoms with Crippen LogP contribution < -0.4 is 5.32 Å². The van der Waals surface area contributed by atoms with Gasteiger partial charge in [0.05, 0.1) is 12.3 Å². The predicted molar refractivity (Wildman–Crippen MR) is 50.5 cm³/mol. The van der Waals surface area contributed by atoms with Gasteiger partial charge in [-0.25, -0.2) is 0 Å². The van der Waals surface area contributed by atoms with E-state index in [1.807, 2.05) is 19.2 Å². The van der Waals surface area contributed by atoms with Crippen LogP contribution in [0.5, 0.6) is 0 Å². The monoisotopic (exact) mass is 178 g/mol. The Balaban J connectivity index is 2.10. The molecule has 1 aromatic heterocycles. The topological polar surface area (TPSA) is 34.1 Å². The Hall–Kier alpha value is -0.930. The van der Waals surface area contributed by atoms with E-state index in [0.29, 0.717) is 0 Å². The molecule has 0 aromatic carbocycles. The summed E-state index contributed by atoms with van der Waals surface area (Å²) in [5, 5.41) is 3.28. The Kier molecular flexibility index (Phi) is 2.57. The minimum absolute atomic E-state index is 0.134. The fourth-order valence-electron chi connectivity index (χ4n) is 1.43. The maximum Gasteiger partial charge on any atom is 0.112 e. The number of pyridine rings is 1. The van der Waals surface area contributed by atoms with Crippen LogP contribution in [0, 0.1) is 6.92 Å². The summed E-state index contributed by atoms with van der Waals surface area (Å²) in [6, 6.07) is 4.10. The first kappa shape index (κ1) is 8.66. The number of nitrogens with one attached hydrogen (secondary N) is 1. The van der Waals surface area contributed by atoms with Crippen molar-refractivity contribution in [1.29, 1.82) is 0 Å². The summed E-state index contributed by atoms with van der Waals surface area (Å²) >= 11 is 0. The highest BCUT2D eigenvalue weighted by molar-refractivity contribution is 5.14. The highest BCUT2D eigenvalue weighted by Gasteiger charge is 2.15. The molecule has 1 aliphatic heterocycles. The summed E-state index contributed by atoms with van der Waals surface area (Å²) in [6.45, 7) is 4.63. The highest BCUT2D eigenvalue weighted by atomic mass is 16.5. The normalized spacial score (nSPS) is 23.0. The van der Waals surface area contributed by atoms with Crippen LogP contribution in [0.15, 0.2) is 18.3 Å².